The molecule has 3 rings (SSSR count). The number of nitrogens with one attached hydrogen (secondary N) is 2. The summed E-state index contributed by atoms with van der Waals surface area (Å²) in [6, 6.07) is 9.34. The molecule has 0 fully saturated rings. The lowest BCUT2D eigenvalue weighted by Gasteiger charge is -2.00. The lowest BCUT2D eigenvalue weighted by molar-refractivity contribution is 0.0947. The maximum absolute atomic E-state index is 12.1. The van der Waals surface area contributed by atoms with Gasteiger partial charge < -0.3 is 16.0 Å². The van der Waals surface area contributed by atoms with E-state index in [9.17, 15) is 4.79 Å². The fraction of sp³-hybridized carbons (Fsp3) is 0.0714. The molecule has 2 aromatic heterocycles. The van der Waals surface area contributed by atoms with Crippen LogP contribution in [-0.4, -0.2) is 10.9 Å². The Labute approximate surface area is 128 Å². The summed E-state index contributed by atoms with van der Waals surface area (Å²) in [5, 5.41) is 5.82. The van der Waals surface area contributed by atoms with E-state index in [1.165, 1.54) is 0 Å². The summed E-state index contributed by atoms with van der Waals surface area (Å²) < 4.78 is 1.04. The van der Waals surface area contributed by atoms with Crippen molar-refractivity contribution in [3.63, 3.8) is 0 Å². The van der Waals surface area contributed by atoms with Crippen molar-refractivity contribution in [1.29, 1.82) is 0 Å². The Morgan fingerprint density at radius 1 is 1.35 bits per heavy atom. The van der Waals surface area contributed by atoms with Gasteiger partial charge in [-0.05, 0) is 46.3 Å². The highest BCUT2D eigenvalue weighted by atomic mass is 79.9. The second-order valence-corrected chi connectivity index (χ2v) is 6.36. The van der Waals surface area contributed by atoms with Gasteiger partial charge in [-0.25, -0.2) is 0 Å². The highest BCUT2D eigenvalue weighted by molar-refractivity contribution is 9.10. The number of hydrogen-bond donors (Lipinski definition) is 3. The number of rotatable bonds is 3. The maximum Gasteiger partial charge on any atom is 0.268 e. The molecular formula is C14H12BrN3OS. The van der Waals surface area contributed by atoms with E-state index in [1.807, 2.05) is 35.7 Å². The van der Waals surface area contributed by atoms with Crippen LogP contribution in [0.3, 0.4) is 0 Å². The van der Waals surface area contributed by atoms with Gasteiger partial charge in [0.15, 0.2) is 0 Å². The molecule has 1 aromatic carbocycles. The molecule has 0 saturated heterocycles. The molecular weight excluding hydrogens is 338 g/mol. The topological polar surface area (TPSA) is 70.9 Å². The molecule has 4 nitrogen and oxygen atoms in total. The molecule has 0 spiro atoms. The van der Waals surface area contributed by atoms with Crippen LogP contribution in [0.5, 0.6) is 0 Å². The standard InChI is InChI=1S/C14H12BrN3OS/c15-9-5-11(20-7-9)6-17-14(19)13-4-8-3-10(16)1-2-12(8)18-13/h1-5,7,18H,6,16H2,(H,17,19). The quantitative estimate of drug-likeness (QED) is 0.633. The van der Waals surface area contributed by atoms with Crippen LogP contribution in [0.4, 0.5) is 5.69 Å². The van der Waals surface area contributed by atoms with Gasteiger partial charge in [-0.3, -0.25) is 4.79 Å². The summed E-state index contributed by atoms with van der Waals surface area (Å²) in [6.07, 6.45) is 0. The van der Waals surface area contributed by atoms with Gasteiger partial charge in [0.05, 0.1) is 6.54 Å². The molecule has 4 N–H and O–H groups in total. The first-order chi connectivity index (χ1) is 9.61. The number of aromatic nitrogens is 1. The molecule has 0 atom stereocenters. The van der Waals surface area contributed by atoms with E-state index in [0.717, 1.165) is 20.3 Å². The van der Waals surface area contributed by atoms with E-state index in [4.69, 9.17) is 5.73 Å². The fourth-order valence-electron chi connectivity index (χ4n) is 1.98. The van der Waals surface area contributed by atoms with Crippen molar-refractivity contribution >= 4 is 49.8 Å². The fourth-order valence-corrected chi connectivity index (χ4v) is 3.37. The number of H-pyrrole nitrogens is 1. The van der Waals surface area contributed by atoms with Crippen LogP contribution >= 0.6 is 27.3 Å². The number of aromatic amines is 1. The van der Waals surface area contributed by atoms with Crippen molar-refractivity contribution in [3.8, 4) is 0 Å². The number of benzene rings is 1. The molecule has 0 aliphatic carbocycles. The molecule has 0 aliphatic rings. The number of hydrogen-bond acceptors (Lipinski definition) is 3. The zero-order valence-electron chi connectivity index (χ0n) is 10.4. The van der Waals surface area contributed by atoms with Gasteiger partial charge in [-0.1, -0.05) is 0 Å². The molecule has 102 valence electrons. The molecule has 1 amide bonds. The Morgan fingerprint density at radius 3 is 2.95 bits per heavy atom. The number of anilines is 1. The normalized spacial score (nSPS) is 10.8. The molecule has 0 bridgehead atoms. The highest BCUT2D eigenvalue weighted by Gasteiger charge is 2.09. The van der Waals surface area contributed by atoms with Crippen LogP contribution in [0.1, 0.15) is 15.4 Å². The van der Waals surface area contributed by atoms with Gasteiger partial charge in [0.25, 0.3) is 5.91 Å². The lowest BCUT2D eigenvalue weighted by Crippen LogP contribution is -2.22. The Hall–Kier alpha value is -1.79. The van der Waals surface area contributed by atoms with E-state index in [0.29, 0.717) is 17.9 Å². The smallest absolute Gasteiger partial charge is 0.268 e. The third-order valence-electron chi connectivity index (χ3n) is 2.93. The first-order valence-corrected chi connectivity index (χ1v) is 7.68. The maximum atomic E-state index is 12.1. The zero-order valence-corrected chi connectivity index (χ0v) is 12.8. The minimum atomic E-state index is -0.121. The third kappa shape index (κ3) is 2.71. The Balaban J connectivity index is 1.75. The summed E-state index contributed by atoms with van der Waals surface area (Å²) in [4.78, 5) is 16.3. The van der Waals surface area contributed by atoms with E-state index >= 15 is 0 Å². The van der Waals surface area contributed by atoms with Crippen LogP contribution in [0.25, 0.3) is 10.9 Å². The largest absolute Gasteiger partial charge is 0.399 e. The summed E-state index contributed by atoms with van der Waals surface area (Å²) >= 11 is 5.00. The molecule has 0 unspecified atom stereocenters. The minimum Gasteiger partial charge on any atom is -0.399 e. The minimum absolute atomic E-state index is 0.121. The van der Waals surface area contributed by atoms with Crippen LogP contribution in [0, 0.1) is 0 Å². The number of fused-ring (bicyclic) bond motifs is 1. The Kier molecular flexibility index (Phi) is 3.50. The lowest BCUT2D eigenvalue weighted by atomic mass is 10.2. The van der Waals surface area contributed by atoms with Gasteiger partial charge in [-0.2, -0.15) is 0 Å². The van der Waals surface area contributed by atoms with Crippen LogP contribution in [-0.2, 0) is 6.54 Å². The molecule has 2 heterocycles. The molecule has 3 aromatic rings. The SMILES string of the molecule is Nc1ccc2[nH]c(C(=O)NCc3cc(Br)cs3)cc2c1. The van der Waals surface area contributed by atoms with Gasteiger partial charge >= 0.3 is 0 Å². The second-order valence-electron chi connectivity index (χ2n) is 4.44. The Morgan fingerprint density at radius 2 is 2.20 bits per heavy atom. The molecule has 0 radical (unpaired) electrons. The number of carbonyl (C=O) groups is 1. The Bertz CT molecular complexity index is 778. The second kappa shape index (κ2) is 5.30. The summed E-state index contributed by atoms with van der Waals surface area (Å²) in [6.45, 7) is 0.520. The highest BCUT2D eigenvalue weighted by Crippen LogP contribution is 2.20. The number of nitrogens with two attached hydrogens (primary N) is 1. The number of halogens is 1. The van der Waals surface area contributed by atoms with Crippen molar-refractivity contribution in [2.24, 2.45) is 0 Å². The monoisotopic (exact) mass is 349 g/mol. The predicted octanol–water partition coefficient (Wildman–Crippen LogP) is 3.50. The average Bonchev–Trinajstić information content (AvgIpc) is 3.01. The number of thiophene rings is 1. The molecule has 20 heavy (non-hydrogen) atoms. The van der Waals surface area contributed by atoms with E-state index in [1.54, 1.807) is 11.3 Å². The predicted molar refractivity (Wildman–Crippen MR) is 85.9 cm³/mol. The van der Waals surface area contributed by atoms with Gasteiger partial charge in [-0.15, -0.1) is 11.3 Å². The summed E-state index contributed by atoms with van der Waals surface area (Å²) in [5.74, 6) is -0.121. The van der Waals surface area contributed by atoms with Gasteiger partial charge in [0.1, 0.15) is 5.69 Å². The van der Waals surface area contributed by atoms with Crippen molar-refractivity contribution < 1.29 is 4.79 Å². The first kappa shape index (κ1) is 13.2. The van der Waals surface area contributed by atoms with E-state index in [2.05, 4.69) is 26.2 Å². The number of carbonyl (C=O) groups excluding carboxylic acids is 1. The van der Waals surface area contributed by atoms with Crippen molar-refractivity contribution in [2.45, 2.75) is 6.54 Å². The van der Waals surface area contributed by atoms with Gasteiger partial charge in [0, 0.05) is 31.3 Å². The van der Waals surface area contributed by atoms with Crippen molar-refractivity contribution in [2.75, 3.05) is 5.73 Å². The number of amides is 1. The third-order valence-corrected chi connectivity index (χ3v) is 4.63. The van der Waals surface area contributed by atoms with Crippen molar-refractivity contribution in [3.05, 3.63) is 50.8 Å². The van der Waals surface area contributed by atoms with Crippen LogP contribution < -0.4 is 11.1 Å². The molecule has 6 heteroatoms. The zero-order chi connectivity index (χ0) is 14.1. The number of nitrogen functional groups attached to an aromatic ring is 1. The van der Waals surface area contributed by atoms with E-state index < -0.39 is 0 Å². The molecule has 0 aliphatic heterocycles. The van der Waals surface area contributed by atoms with E-state index in [-0.39, 0.29) is 5.91 Å². The average molecular weight is 350 g/mol. The first-order valence-electron chi connectivity index (χ1n) is 6.01. The summed E-state index contributed by atoms with van der Waals surface area (Å²) in [7, 11) is 0. The van der Waals surface area contributed by atoms with Crippen LogP contribution in [0.15, 0.2) is 40.2 Å². The summed E-state index contributed by atoms with van der Waals surface area (Å²) in [5.41, 5.74) is 7.86. The van der Waals surface area contributed by atoms with Crippen LogP contribution in [0.2, 0.25) is 0 Å². The molecule has 0 saturated carbocycles. The van der Waals surface area contributed by atoms with Gasteiger partial charge in [0.2, 0.25) is 0 Å². The van der Waals surface area contributed by atoms with Crippen molar-refractivity contribution in [1.82, 2.24) is 10.3 Å².